The van der Waals surface area contributed by atoms with Crippen LogP contribution >= 0.6 is 35.3 Å². The summed E-state index contributed by atoms with van der Waals surface area (Å²) in [5.74, 6) is 1.88. The first kappa shape index (κ1) is 22.9. The molecule has 0 atom stereocenters. The highest BCUT2D eigenvalue weighted by atomic mass is 127. The number of nitrogens with one attached hydrogen (secondary N) is 2. The van der Waals surface area contributed by atoms with Crippen LogP contribution in [0.1, 0.15) is 22.2 Å². The second kappa shape index (κ2) is 11.6. The van der Waals surface area contributed by atoms with Gasteiger partial charge in [-0.25, -0.2) is 4.98 Å². The van der Waals surface area contributed by atoms with Gasteiger partial charge >= 0.3 is 0 Å². The Hall–Kier alpha value is -1.39. The molecule has 1 fully saturated rings. The predicted molar refractivity (Wildman–Crippen MR) is 130 cm³/mol. The van der Waals surface area contributed by atoms with Gasteiger partial charge in [0.1, 0.15) is 5.82 Å². The van der Waals surface area contributed by atoms with Crippen molar-refractivity contribution in [1.82, 2.24) is 20.5 Å². The summed E-state index contributed by atoms with van der Waals surface area (Å²) in [5.41, 5.74) is 1.15. The van der Waals surface area contributed by atoms with E-state index in [9.17, 15) is 0 Å². The van der Waals surface area contributed by atoms with E-state index in [2.05, 4.69) is 68.6 Å². The van der Waals surface area contributed by atoms with Crippen molar-refractivity contribution in [3.05, 3.63) is 45.8 Å². The molecule has 3 heterocycles. The summed E-state index contributed by atoms with van der Waals surface area (Å²) < 4.78 is 0. The number of aryl methyl sites for hydroxylation is 1. The van der Waals surface area contributed by atoms with Gasteiger partial charge in [-0.1, -0.05) is 13.0 Å². The number of nitrogens with zero attached hydrogens (tertiary/aromatic N) is 4. The van der Waals surface area contributed by atoms with Gasteiger partial charge in [0.25, 0.3) is 0 Å². The zero-order chi connectivity index (χ0) is 19.1. The topological polar surface area (TPSA) is 55.8 Å². The number of pyridine rings is 1. The third-order valence-electron chi connectivity index (χ3n) is 4.82. The summed E-state index contributed by atoms with van der Waals surface area (Å²) in [5, 5.41) is 6.74. The highest BCUT2D eigenvalue weighted by molar-refractivity contribution is 14.0. The van der Waals surface area contributed by atoms with Crippen molar-refractivity contribution in [3.8, 4) is 0 Å². The number of anilines is 1. The van der Waals surface area contributed by atoms with E-state index in [1.807, 2.05) is 17.5 Å². The minimum absolute atomic E-state index is 0. The maximum Gasteiger partial charge on any atom is 0.191 e. The zero-order valence-corrected chi connectivity index (χ0v) is 20.1. The van der Waals surface area contributed by atoms with Crippen LogP contribution < -0.4 is 15.5 Å². The van der Waals surface area contributed by atoms with Gasteiger partial charge in [0.05, 0.1) is 6.54 Å². The van der Waals surface area contributed by atoms with Crippen molar-refractivity contribution in [2.45, 2.75) is 26.4 Å². The molecule has 2 N–H and O–H groups in total. The molecule has 0 bridgehead atoms. The third-order valence-corrected chi connectivity index (χ3v) is 6.05. The minimum Gasteiger partial charge on any atom is -0.354 e. The largest absolute Gasteiger partial charge is 0.354 e. The van der Waals surface area contributed by atoms with Crippen molar-refractivity contribution in [2.75, 3.05) is 45.2 Å². The summed E-state index contributed by atoms with van der Waals surface area (Å²) in [6.45, 7) is 7.96. The van der Waals surface area contributed by atoms with E-state index in [4.69, 9.17) is 0 Å². The van der Waals surface area contributed by atoms with Gasteiger partial charge in [0, 0.05) is 55.7 Å². The first-order valence-electron chi connectivity index (χ1n) is 9.58. The van der Waals surface area contributed by atoms with Crippen molar-refractivity contribution < 1.29 is 0 Å². The monoisotopic (exact) mass is 514 g/mol. The fourth-order valence-corrected chi connectivity index (χ4v) is 3.93. The van der Waals surface area contributed by atoms with Gasteiger partial charge in [-0.05, 0) is 37.2 Å². The average molecular weight is 514 g/mol. The van der Waals surface area contributed by atoms with Gasteiger partial charge in [-0.2, -0.15) is 0 Å². The van der Waals surface area contributed by atoms with Crippen LogP contribution in [-0.4, -0.2) is 56.1 Å². The summed E-state index contributed by atoms with van der Waals surface area (Å²) >= 11 is 1.85. The maximum absolute atomic E-state index is 4.65. The van der Waals surface area contributed by atoms with Crippen molar-refractivity contribution in [2.24, 2.45) is 4.99 Å². The molecule has 8 heteroatoms. The Balaban J connectivity index is 0.00000280. The van der Waals surface area contributed by atoms with Crippen molar-refractivity contribution >= 4 is 47.1 Å². The number of likely N-dealkylation sites (N-methyl/N-ethyl adjacent to an activating group) is 1. The highest BCUT2D eigenvalue weighted by Gasteiger charge is 2.14. The van der Waals surface area contributed by atoms with Crippen LogP contribution in [0.2, 0.25) is 0 Å². The smallest absolute Gasteiger partial charge is 0.191 e. The fourth-order valence-electron chi connectivity index (χ4n) is 3.03. The highest BCUT2D eigenvalue weighted by Crippen LogP contribution is 2.16. The third kappa shape index (κ3) is 6.59. The molecule has 1 saturated heterocycles. The molecule has 3 rings (SSSR count). The molecule has 2 aromatic heterocycles. The standard InChI is InChI=1S/C20H30N6S.HI/c1-4-17-6-7-18(27-17)15-24-20(21-2)23-14-16-5-8-19(22-13-16)26-11-9-25(3)10-12-26;/h5-8,13H,4,9-12,14-15H2,1-3H3,(H2,21,23,24);1H. The number of rotatable bonds is 6. The maximum atomic E-state index is 4.65. The SMILES string of the molecule is CCc1ccc(CNC(=NC)NCc2ccc(N3CCN(C)CC3)nc2)s1.I. The molecule has 0 spiro atoms. The van der Waals surface area contributed by atoms with E-state index in [-0.39, 0.29) is 24.0 Å². The van der Waals surface area contributed by atoms with Crippen LogP contribution in [0.15, 0.2) is 35.5 Å². The van der Waals surface area contributed by atoms with Crippen LogP contribution in [-0.2, 0) is 19.5 Å². The molecule has 0 aliphatic carbocycles. The van der Waals surface area contributed by atoms with E-state index in [0.29, 0.717) is 6.54 Å². The first-order valence-corrected chi connectivity index (χ1v) is 10.4. The second-order valence-electron chi connectivity index (χ2n) is 6.82. The minimum atomic E-state index is 0. The summed E-state index contributed by atoms with van der Waals surface area (Å²) in [6.07, 6.45) is 3.05. The fraction of sp³-hybridized carbons (Fsp3) is 0.500. The lowest BCUT2D eigenvalue weighted by molar-refractivity contribution is 0.312. The van der Waals surface area contributed by atoms with Crippen LogP contribution in [0.5, 0.6) is 0 Å². The molecule has 0 radical (unpaired) electrons. The number of piperazine rings is 1. The van der Waals surface area contributed by atoms with E-state index < -0.39 is 0 Å². The zero-order valence-electron chi connectivity index (χ0n) is 16.9. The molecule has 2 aromatic rings. The van der Waals surface area contributed by atoms with Gasteiger partial charge in [-0.3, -0.25) is 4.99 Å². The van der Waals surface area contributed by atoms with E-state index in [1.165, 1.54) is 9.75 Å². The Morgan fingerprint density at radius 1 is 1.07 bits per heavy atom. The quantitative estimate of drug-likeness (QED) is 0.353. The molecule has 0 unspecified atom stereocenters. The molecule has 0 saturated carbocycles. The Kier molecular flexibility index (Phi) is 9.46. The number of hydrogen-bond donors (Lipinski definition) is 2. The van der Waals surface area contributed by atoms with Crippen LogP contribution in [0.25, 0.3) is 0 Å². The Morgan fingerprint density at radius 3 is 2.39 bits per heavy atom. The lowest BCUT2D eigenvalue weighted by Gasteiger charge is -2.33. The Labute approximate surface area is 189 Å². The van der Waals surface area contributed by atoms with Gasteiger partial charge in [0.2, 0.25) is 0 Å². The Morgan fingerprint density at radius 2 is 1.79 bits per heavy atom. The number of hydrogen-bond acceptors (Lipinski definition) is 5. The predicted octanol–water partition coefficient (Wildman–Crippen LogP) is 2.94. The van der Waals surface area contributed by atoms with Crippen LogP contribution in [0.3, 0.4) is 0 Å². The summed E-state index contributed by atoms with van der Waals surface area (Å²) in [4.78, 5) is 16.4. The molecule has 154 valence electrons. The van der Waals surface area contributed by atoms with E-state index in [1.54, 1.807) is 7.05 Å². The van der Waals surface area contributed by atoms with Crippen LogP contribution in [0.4, 0.5) is 5.82 Å². The average Bonchev–Trinajstić information content (AvgIpc) is 3.17. The van der Waals surface area contributed by atoms with Gasteiger partial charge < -0.3 is 20.4 Å². The lowest BCUT2D eigenvalue weighted by atomic mass is 10.2. The molecule has 0 aromatic carbocycles. The number of thiophene rings is 1. The first-order chi connectivity index (χ1) is 13.2. The summed E-state index contributed by atoms with van der Waals surface area (Å²) in [7, 11) is 3.97. The molecule has 6 nitrogen and oxygen atoms in total. The molecular weight excluding hydrogens is 483 g/mol. The Bertz CT molecular complexity index is 737. The van der Waals surface area contributed by atoms with Crippen molar-refractivity contribution in [1.29, 1.82) is 0 Å². The normalized spacial score (nSPS) is 15.2. The number of halogens is 1. The lowest BCUT2D eigenvalue weighted by Crippen LogP contribution is -2.44. The molecule has 28 heavy (non-hydrogen) atoms. The summed E-state index contributed by atoms with van der Waals surface area (Å²) in [6, 6.07) is 8.65. The molecule has 1 aliphatic heterocycles. The number of aromatic nitrogens is 1. The van der Waals surface area contributed by atoms with E-state index in [0.717, 1.165) is 56.5 Å². The second-order valence-corrected chi connectivity index (χ2v) is 8.07. The molecule has 0 amide bonds. The number of guanidine groups is 1. The number of aliphatic imine (C=N–C) groups is 1. The van der Waals surface area contributed by atoms with Gasteiger partial charge in [0.15, 0.2) is 5.96 Å². The molecule has 1 aliphatic rings. The molecular formula is C20H31IN6S. The van der Waals surface area contributed by atoms with E-state index >= 15 is 0 Å². The van der Waals surface area contributed by atoms with Crippen LogP contribution in [0, 0.1) is 0 Å². The van der Waals surface area contributed by atoms with Gasteiger partial charge in [-0.15, -0.1) is 35.3 Å². The van der Waals surface area contributed by atoms with Crippen molar-refractivity contribution in [3.63, 3.8) is 0 Å².